The second-order valence-corrected chi connectivity index (χ2v) is 5.61. The van der Waals surface area contributed by atoms with E-state index in [1.165, 1.54) is 43.2 Å². The van der Waals surface area contributed by atoms with Gasteiger partial charge in [0.05, 0.1) is 18.8 Å². The molecule has 1 saturated heterocycles. The van der Waals surface area contributed by atoms with Crippen molar-refractivity contribution in [2.75, 3.05) is 13.2 Å². The molecule has 2 aliphatic rings. The molecule has 1 saturated carbocycles. The molecule has 0 bridgehead atoms. The standard InChI is InChI=1S/C15H21NO/c16-15(10-17-11-15)14-8-6-13(7-9-14)12-4-2-1-3-5-12/h6-9,12H,1-5,10-11,16H2. The average molecular weight is 231 g/mol. The Hall–Kier alpha value is -0.860. The van der Waals surface area contributed by atoms with Gasteiger partial charge in [-0.25, -0.2) is 0 Å². The zero-order valence-corrected chi connectivity index (χ0v) is 10.3. The molecule has 2 N–H and O–H groups in total. The molecule has 1 aliphatic heterocycles. The van der Waals surface area contributed by atoms with E-state index in [1.807, 2.05) is 0 Å². The van der Waals surface area contributed by atoms with Crippen molar-refractivity contribution >= 4 is 0 Å². The van der Waals surface area contributed by atoms with Gasteiger partial charge >= 0.3 is 0 Å². The highest BCUT2D eigenvalue weighted by atomic mass is 16.5. The van der Waals surface area contributed by atoms with Crippen LogP contribution in [0, 0.1) is 0 Å². The summed E-state index contributed by atoms with van der Waals surface area (Å²) in [6, 6.07) is 8.95. The molecule has 92 valence electrons. The first-order chi connectivity index (χ1) is 8.28. The predicted octanol–water partition coefficient (Wildman–Crippen LogP) is 2.92. The molecule has 0 aromatic heterocycles. The molecule has 1 aromatic rings. The molecule has 2 heteroatoms. The summed E-state index contributed by atoms with van der Waals surface area (Å²) < 4.78 is 5.21. The highest BCUT2D eigenvalue weighted by Gasteiger charge is 2.35. The van der Waals surface area contributed by atoms with E-state index in [-0.39, 0.29) is 5.54 Å². The maximum Gasteiger partial charge on any atom is 0.0883 e. The van der Waals surface area contributed by atoms with Gasteiger partial charge in [-0.05, 0) is 29.9 Å². The normalized spacial score (nSPS) is 24.3. The lowest BCUT2D eigenvalue weighted by Gasteiger charge is -2.38. The Balaban J connectivity index is 1.75. The average Bonchev–Trinajstić information content (AvgIpc) is 2.37. The summed E-state index contributed by atoms with van der Waals surface area (Å²) in [6.45, 7) is 1.32. The Bertz CT molecular complexity index is 374. The zero-order valence-electron chi connectivity index (χ0n) is 10.3. The van der Waals surface area contributed by atoms with Crippen LogP contribution in [-0.2, 0) is 10.3 Å². The van der Waals surface area contributed by atoms with Gasteiger partial charge in [-0.15, -0.1) is 0 Å². The van der Waals surface area contributed by atoms with Gasteiger partial charge < -0.3 is 10.5 Å². The van der Waals surface area contributed by atoms with Gasteiger partial charge in [0.15, 0.2) is 0 Å². The monoisotopic (exact) mass is 231 g/mol. The van der Waals surface area contributed by atoms with Crippen LogP contribution < -0.4 is 5.73 Å². The maximum absolute atomic E-state index is 6.23. The molecule has 1 aliphatic carbocycles. The van der Waals surface area contributed by atoms with Crippen molar-refractivity contribution in [2.24, 2.45) is 5.73 Å². The molecule has 0 unspecified atom stereocenters. The lowest BCUT2D eigenvalue weighted by atomic mass is 9.82. The zero-order chi connectivity index (χ0) is 11.7. The minimum absolute atomic E-state index is 0.217. The van der Waals surface area contributed by atoms with Crippen LogP contribution >= 0.6 is 0 Å². The molecular weight excluding hydrogens is 210 g/mol. The molecule has 0 radical (unpaired) electrons. The third-order valence-electron chi connectivity index (χ3n) is 4.28. The Morgan fingerprint density at radius 2 is 1.65 bits per heavy atom. The smallest absolute Gasteiger partial charge is 0.0883 e. The van der Waals surface area contributed by atoms with Gasteiger partial charge in [0, 0.05) is 0 Å². The summed E-state index contributed by atoms with van der Waals surface area (Å²) in [4.78, 5) is 0. The molecule has 2 fully saturated rings. The molecule has 0 atom stereocenters. The van der Waals surface area contributed by atoms with E-state index in [4.69, 9.17) is 10.5 Å². The topological polar surface area (TPSA) is 35.2 Å². The first-order valence-corrected chi connectivity index (χ1v) is 6.75. The molecule has 2 nitrogen and oxygen atoms in total. The number of benzene rings is 1. The molecular formula is C15H21NO. The van der Waals surface area contributed by atoms with Crippen LogP contribution in [-0.4, -0.2) is 13.2 Å². The Kier molecular flexibility index (Phi) is 2.93. The van der Waals surface area contributed by atoms with Crippen LogP contribution in [0.3, 0.4) is 0 Å². The van der Waals surface area contributed by atoms with Crippen molar-refractivity contribution in [1.29, 1.82) is 0 Å². The number of nitrogens with two attached hydrogens (primary N) is 1. The van der Waals surface area contributed by atoms with Gasteiger partial charge in [0.1, 0.15) is 0 Å². The van der Waals surface area contributed by atoms with E-state index in [0.29, 0.717) is 13.2 Å². The highest BCUT2D eigenvalue weighted by Crippen LogP contribution is 2.34. The van der Waals surface area contributed by atoms with Crippen molar-refractivity contribution in [3.05, 3.63) is 35.4 Å². The third kappa shape index (κ3) is 2.12. The van der Waals surface area contributed by atoms with E-state index < -0.39 is 0 Å². The Morgan fingerprint density at radius 1 is 1.00 bits per heavy atom. The van der Waals surface area contributed by atoms with Gasteiger partial charge in [-0.1, -0.05) is 43.5 Å². The van der Waals surface area contributed by atoms with Crippen LogP contribution in [0.5, 0.6) is 0 Å². The SMILES string of the molecule is NC1(c2ccc(C3CCCCC3)cc2)COC1. The van der Waals surface area contributed by atoms with Gasteiger partial charge in [-0.2, -0.15) is 0 Å². The fourth-order valence-electron chi connectivity index (χ4n) is 3.01. The lowest BCUT2D eigenvalue weighted by molar-refractivity contribution is -0.0569. The number of hydrogen-bond acceptors (Lipinski definition) is 2. The summed E-state index contributed by atoms with van der Waals surface area (Å²) in [5, 5.41) is 0. The number of hydrogen-bond donors (Lipinski definition) is 1. The first-order valence-electron chi connectivity index (χ1n) is 6.75. The fraction of sp³-hybridized carbons (Fsp3) is 0.600. The van der Waals surface area contributed by atoms with E-state index in [9.17, 15) is 0 Å². The first kappa shape index (κ1) is 11.2. The molecule has 0 spiro atoms. The quantitative estimate of drug-likeness (QED) is 0.849. The van der Waals surface area contributed by atoms with Crippen LogP contribution in [0.2, 0.25) is 0 Å². The van der Waals surface area contributed by atoms with Crippen molar-refractivity contribution in [2.45, 2.75) is 43.6 Å². The highest BCUT2D eigenvalue weighted by molar-refractivity contribution is 5.31. The minimum atomic E-state index is -0.217. The summed E-state index contributed by atoms with van der Waals surface area (Å²) >= 11 is 0. The van der Waals surface area contributed by atoms with Crippen LogP contribution in [0.1, 0.15) is 49.1 Å². The molecule has 3 rings (SSSR count). The van der Waals surface area contributed by atoms with Crippen LogP contribution in [0.15, 0.2) is 24.3 Å². The van der Waals surface area contributed by atoms with E-state index in [0.717, 1.165) is 5.92 Å². The Labute approximate surface area is 103 Å². The maximum atomic E-state index is 6.23. The van der Waals surface area contributed by atoms with Gasteiger partial charge in [0.25, 0.3) is 0 Å². The minimum Gasteiger partial charge on any atom is -0.377 e. The number of rotatable bonds is 2. The fourth-order valence-corrected chi connectivity index (χ4v) is 3.01. The van der Waals surface area contributed by atoms with Gasteiger partial charge in [0.2, 0.25) is 0 Å². The van der Waals surface area contributed by atoms with Crippen molar-refractivity contribution < 1.29 is 4.74 Å². The predicted molar refractivity (Wildman–Crippen MR) is 69.0 cm³/mol. The molecule has 1 heterocycles. The number of ether oxygens (including phenoxy) is 1. The van der Waals surface area contributed by atoms with Crippen LogP contribution in [0.4, 0.5) is 0 Å². The van der Waals surface area contributed by atoms with E-state index in [2.05, 4.69) is 24.3 Å². The van der Waals surface area contributed by atoms with Crippen molar-refractivity contribution in [1.82, 2.24) is 0 Å². The lowest BCUT2D eigenvalue weighted by Crippen LogP contribution is -2.54. The van der Waals surface area contributed by atoms with Crippen molar-refractivity contribution in [3.8, 4) is 0 Å². The second-order valence-electron chi connectivity index (χ2n) is 5.61. The second kappa shape index (κ2) is 4.43. The summed E-state index contributed by atoms with van der Waals surface area (Å²) in [7, 11) is 0. The van der Waals surface area contributed by atoms with Crippen LogP contribution in [0.25, 0.3) is 0 Å². The third-order valence-corrected chi connectivity index (χ3v) is 4.28. The Morgan fingerprint density at radius 3 is 2.18 bits per heavy atom. The van der Waals surface area contributed by atoms with Crippen molar-refractivity contribution in [3.63, 3.8) is 0 Å². The van der Waals surface area contributed by atoms with Gasteiger partial charge in [-0.3, -0.25) is 0 Å². The summed E-state index contributed by atoms with van der Waals surface area (Å²) in [6.07, 6.45) is 6.91. The molecule has 0 amide bonds. The molecule has 1 aromatic carbocycles. The summed E-state index contributed by atoms with van der Waals surface area (Å²) in [5.74, 6) is 0.782. The van der Waals surface area contributed by atoms with E-state index in [1.54, 1.807) is 0 Å². The van der Waals surface area contributed by atoms with E-state index >= 15 is 0 Å². The molecule has 17 heavy (non-hydrogen) atoms. The largest absolute Gasteiger partial charge is 0.377 e. The summed E-state index contributed by atoms with van der Waals surface area (Å²) in [5.41, 5.74) is 8.73.